The van der Waals surface area contributed by atoms with E-state index in [-0.39, 0.29) is 11.9 Å². The molecule has 0 saturated carbocycles. The Morgan fingerprint density at radius 1 is 1.52 bits per heavy atom. The Morgan fingerprint density at radius 3 is 3.12 bits per heavy atom. The SMILES string of the molecule is CCCC(=O)NC1CCCN(c2c(C#N)cnc3ccc(Cl)cc23)C1. The number of aromatic nitrogens is 1. The molecule has 0 aliphatic carbocycles. The molecule has 1 aromatic heterocycles. The highest BCUT2D eigenvalue weighted by Gasteiger charge is 2.24. The van der Waals surface area contributed by atoms with E-state index in [9.17, 15) is 10.1 Å². The molecular weight excluding hydrogens is 336 g/mol. The summed E-state index contributed by atoms with van der Waals surface area (Å²) in [4.78, 5) is 18.5. The first kappa shape index (κ1) is 17.5. The van der Waals surface area contributed by atoms with Gasteiger partial charge in [0.25, 0.3) is 0 Å². The van der Waals surface area contributed by atoms with Gasteiger partial charge in [-0.25, -0.2) is 0 Å². The molecule has 0 radical (unpaired) electrons. The third kappa shape index (κ3) is 3.85. The maximum Gasteiger partial charge on any atom is 0.220 e. The summed E-state index contributed by atoms with van der Waals surface area (Å²) in [5.74, 6) is 0.0949. The van der Waals surface area contributed by atoms with Crippen LogP contribution in [-0.4, -0.2) is 30.0 Å². The van der Waals surface area contributed by atoms with Crippen molar-refractivity contribution in [3.05, 3.63) is 35.0 Å². The Bertz CT molecular complexity index is 830. The van der Waals surface area contributed by atoms with E-state index in [1.807, 2.05) is 19.1 Å². The van der Waals surface area contributed by atoms with Crippen LogP contribution in [0, 0.1) is 11.3 Å². The second-order valence-corrected chi connectivity index (χ2v) is 6.83. The number of rotatable bonds is 4. The molecule has 1 aliphatic rings. The highest BCUT2D eigenvalue weighted by atomic mass is 35.5. The lowest BCUT2D eigenvalue weighted by Crippen LogP contribution is -2.48. The molecule has 1 saturated heterocycles. The molecular formula is C19H21ClN4O. The highest BCUT2D eigenvalue weighted by Crippen LogP contribution is 2.33. The average molecular weight is 357 g/mol. The fourth-order valence-electron chi connectivity index (χ4n) is 3.40. The van der Waals surface area contributed by atoms with Gasteiger partial charge >= 0.3 is 0 Å². The molecule has 2 aromatic rings. The average Bonchev–Trinajstić information content (AvgIpc) is 2.61. The van der Waals surface area contributed by atoms with Gasteiger partial charge in [-0.3, -0.25) is 9.78 Å². The molecule has 1 amide bonds. The molecule has 3 rings (SSSR count). The van der Waals surface area contributed by atoms with E-state index in [1.165, 1.54) is 0 Å². The first-order valence-electron chi connectivity index (χ1n) is 8.65. The van der Waals surface area contributed by atoms with Crippen LogP contribution in [0.2, 0.25) is 5.02 Å². The van der Waals surface area contributed by atoms with E-state index < -0.39 is 0 Å². The molecule has 2 heterocycles. The lowest BCUT2D eigenvalue weighted by atomic mass is 10.0. The van der Waals surface area contributed by atoms with E-state index in [1.54, 1.807) is 12.3 Å². The Kier molecular flexibility index (Phi) is 5.40. The maximum atomic E-state index is 11.9. The number of hydrogen-bond acceptors (Lipinski definition) is 4. The molecule has 1 atom stereocenters. The topological polar surface area (TPSA) is 69.0 Å². The van der Waals surface area contributed by atoms with E-state index >= 15 is 0 Å². The van der Waals surface area contributed by atoms with E-state index in [2.05, 4.69) is 21.3 Å². The van der Waals surface area contributed by atoms with Crippen LogP contribution >= 0.6 is 11.6 Å². The van der Waals surface area contributed by atoms with Crippen molar-refractivity contribution < 1.29 is 4.79 Å². The number of carbonyl (C=O) groups excluding carboxylic acids is 1. The smallest absolute Gasteiger partial charge is 0.220 e. The van der Waals surface area contributed by atoms with Crippen molar-refractivity contribution in [2.75, 3.05) is 18.0 Å². The van der Waals surface area contributed by atoms with Crippen LogP contribution < -0.4 is 10.2 Å². The summed E-state index contributed by atoms with van der Waals surface area (Å²) < 4.78 is 0. The minimum atomic E-state index is 0.0949. The van der Waals surface area contributed by atoms with Crippen LogP contribution in [0.4, 0.5) is 5.69 Å². The van der Waals surface area contributed by atoms with Crippen molar-refractivity contribution in [3.8, 4) is 6.07 Å². The lowest BCUT2D eigenvalue weighted by molar-refractivity contribution is -0.121. The van der Waals surface area contributed by atoms with Crippen LogP contribution in [-0.2, 0) is 4.79 Å². The van der Waals surface area contributed by atoms with Crippen molar-refractivity contribution >= 4 is 34.1 Å². The van der Waals surface area contributed by atoms with Crippen molar-refractivity contribution in [2.45, 2.75) is 38.6 Å². The number of benzene rings is 1. The molecule has 0 bridgehead atoms. The molecule has 1 fully saturated rings. The van der Waals surface area contributed by atoms with Gasteiger partial charge in [-0.15, -0.1) is 0 Å². The Balaban J connectivity index is 1.93. The highest BCUT2D eigenvalue weighted by molar-refractivity contribution is 6.31. The molecule has 0 spiro atoms. The van der Waals surface area contributed by atoms with Gasteiger partial charge in [0.05, 0.1) is 16.8 Å². The minimum Gasteiger partial charge on any atom is -0.368 e. The van der Waals surface area contributed by atoms with Crippen LogP contribution in [0.15, 0.2) is 24.4 Å². The Labute approximate surface area is 152 Å². The number of nitriles is 1. The second kappa shape index (κ2) is 7.71. The van der Waals surface area contributed by atoms with Crippen molar-refractivity contribution in [2.24, 2.45) is 0 Å². The van der Waals surface area contributed by atoms with Gasteiger partial charge in [0, 0.05) is 42.2 Å². The number of piperidine rings is 1. The molecule has 1 aromatic carbocycles. The zero-order chi connectivity index (χ0) is 17.8. The van der Waals surface area contributed by atoms with Crippen LogP contribution in [0.3, 0.4) is 0 Å². The molecule has 1 N–H and O–H groups in total. The summed E-state index contributed by atoms with van der Waals surface area (Å²) in [7, 11) is 0. The maximum absolute atomic E-state index is 11.9. The zero-order valence-corrected chi connectivity index (χ0v) is 15.0. The van der Waals surface area contributed by atoms with Gasteiger partial charge in [0.15, 0.2) is 0 Å². The van der Waals surface area contributed by atoms with Gasteiger partial charge in [0.2, 0.25) is 5.91 Å². The van der Waals surface area contributed by atoms with Gasteiger partial charge in [-0.2, -0.15) is 5.26 Å². The summed E-state index contributed by atoms with van der Waals surface area (Å²) in [5.41, 5.74) is 2.22. The molecule has 1 unspecified atom stereocenters. The van der Waals surface area contributed by atoms with Crippen molar-refractivity contribution in [1.82, 2.24) is 10.3 Å². The molecule has 5 nitrogen and oxygen atoms in total. The van der Waals surface area contributed by atoms with E-state index in [0.717, 1.165) is 42.4 Å². The third-order valence-corrected chi connectivity index (χ3v) is 4.74. The molecule has 1 aliphatic heterocycles. The number of hydrogen-bond donors (Lipinski definition) is 1. The van der Waals surface area contributed by atoms with E-state index in [0.29, 0.717) is 23.6 Å². The van der Waals surface area contributed by atoms with Crippen molar-refractivity contribution in [3.63, 3.8) is 0 Å². The summed E-state index contributed by atoms with van der Waals surface area (Å²) in [6.07, 6.45) is 4.93. The minimum absolute atomic E-state index is 0.0949. The van der Waals surface area contributed by atoms with Gasteiger partial charge < -0.3 is 10.2 Å². The number of nitrogens with zero attached hydrogens (tertiary/aromatic N) is 3. The number of pyridine rings is 1. The predicted octanol–water partition coefficient (Wildman–Crippen LogP) is 3.64. The van der Waals surface area contributed by atoms with Crippen molar-refractivity contribution in [1.29, 1.82) is 5.26 Å². The fraction of sp³-hybridized carbons (Fsp3) is 0.421. The molecule has 6 heteroatoms. The number of anilines is 1. The monoisotopic (exact) mass is 356 g/mol. The van der Waals surface area contributed by atoms with Crippen LogP contribution in [0.5, 0.6) is 0 Å². The first-order valence-corrected chi connectivity index (χ1v) is 9.03. The number of amides is 1. The van der Waals surface area contributed by atoms with Gasteiger partial charge in [-0.1, -0.05) is 18.5 Å². The molecule has 25 heavy (non-hydrogen) atoms. The number of nitrogens with one attached hydrogen (secondary N) is 1. The lowest BCUT2D eigenvalue weighted by Gasteiger charge is -2.35. The van der Waals surface area contributed by atoms with E-state index in [4.69, 9.17) is 11.6 Å². The Morgan fingerprint density at radius 2 is 2.36 bits per heavy atom. The first-order chi connectivity index (χ1) is 12.1. The standard InChI is InChI=1S/C19H21ClN4O/c1-2-4-18(25)23-15-5-3-8-24(12-15)19-13(10-21)11-22-17-7-6-14(20)9-16(17)19/h6-7,9,11,15H,2-5,8,12H2,1H3,(H,23,25). The van der Waals surface area contributed by atoms with Crippen LogP contribution in [0.1, 0.15) is 38.2 Å². The zero-order valence-electron chi connectivity index (χ0n) is 14.3. The summed E-state index contributed by atoms with van der Waals surface area (Å²) in [5, 5.41) is 14.2. The summed E-state index contributed by atoms with van der Waals surface area (Å²) in [6.45, 7) is 3.54. The summed E-state index contributed by atoms with van der Waals surface area (Å²) >= 11 is 6.17. The largest absolute Gasteiger partial charge is 0.368 e. The second-order valence-electron chi connectivity index (χ2n) is 6.40. The predicted molar refractivity (Wildman–Crippen MR) is 99.8 cm³/mol. The van der Waals surface area contributed by atoms with Gasteiger partial charge in [-0.05, 0) is 37.5 Å². The third-order valence-electron chi connectivity index (χ3n) is 4.50. The normalized spacial score (nSPS) is 17.3. The number of halogens is 1. The number of carbonyl (C=O) groups is 1. The fourth-order valence-corrected chi connectivity index (χ4v) is 3.57. The van der Waals surface area contributed by atoms with Crippen LogP contribution in [0.25, 0.3) is 10.9 Å². The number of fused-ring (bicyclic) bond motifs is 1. The quantitative estimate of drug-likeness (QED) is 0.907. The summed E-state index contributed by atoms with van der Waals surface area (Å²) in [6, 6.07) is 7.88. The Hall–Kier alpha value is -2.32. The van der Waals surface area contributed by atoms with Gasteiger partial charge in [0.1, 0.15) is 6.07 Å². The molecule has 130 valence electrons.